The number of carbonyl (C=O) groups excluding carboxylic acids is 1. The molecule has 8 heteroatoms. The maximum absolute atomic E-state index is 13.3. The fourth-order valence-corrected chi connectivity index (χ4v) is 3.85. The van der Waals surface area contributed by atoms with Gasteiger partial charge in [0, 0.05) is 23.6 Å². The van der Waals surface area contributed by atoms with Gasteiger partial charge in [0.15, 0.2) is 0 Å². The van der Waals surface area contributed by atoms with E-state index >= 15 is 0 Å². The van der Waals surface area contributed by atoms with Gasteiger partial charge >= 0.3 is 6.18 Å². The first-order chi connectivity index (χ1) is 13.8. The average molecular weight is 413 g/mol. The molecule has 0 bridgehead atoms. The van der Waals surface area contributed by atoms with Gasteiger partial charge in [0.1, 0.15) is 5.01 Å². The Hall–Kier alpha value is -3.26. The maximum atomic E-state index is 13.3. The van der Waals surface area contributed by atoms with Gasteiger partial charge < -0.3 is 5.32 Å². The van der Waals surface area contributed by atoms with Crippen LogP contribution in [0.15, 0.2) is 60.9 Å². The summed E-state index contributed by atoms with van der Waals surface area (Å²) in [6.07, 6.45) is -1.24. The maximum Gasteiger partial charge on any atom is 0.417 e. The van der Waals surface area contributed by atoms with E-state index in [0.717, 1.165) is 26.9 Å². The molecule has 4 nitrogen and oxygen atoms in total. The molecule has 0 unspecified atom stereocenters. The molecule has 146 valence electrons. The Morgan fingerprint density at radius 2 is 1.93 bits per heavy atom. The lowest BCUT2D eigenvalue weighted by molar-refractivity contribution is -0.137. The van der Waals surface area contributed by atoms with Crippen LogP contribution < -0.4 is 5.32 Å². The molecule has 0 saturated heterocycles. The quantitative estimate of drug-likeness (QED) is 0.452. The number of thiazole rings is 1. The second-order valence-electron chi connectivity index (χ2n) is 6.44. The van der Waals surface area contributed by atoms with Crippen molar-refractivity contribution in [3.8, 4) is 10.6 Å². The number of aromatic nitrogens is 2. The van der Waals surface area contributed by atoms with Gasteiger partial charge in [-0.3, -0.25) is 9.78 Å². The number of amides is 1. The number of alkyl halides is 3. The molecular formula is C21H14F3N3OS. The molecule has 0 aliphatic carbocycles. The number of carbonyl (C=O) groups is 1. The number of aryl methyl sites for hydroxylation is 1. The molecule has 0 spiro atoms. The third-order valence-electron chi connectivity index (χ3n) is 4.28. The third-order valence-corrected chi connectivity index (χ3v) is 5.34. The Labute approximate surface area is 168 Å². The van der Waals surface area contributed by atoms with Crippen molar-refractivity contribution in [1.29, 1.82) is 0 Å². The number of nitrogens with zero attached hydrogens (tertiary/aromatic N) is 2. The van der Waals surface area contributed by atoms with Crippen molar-refractivity contribution in [1.82, 2.24) is 9.97 Å². The number of anilines is 1. The molecule has 0 aliphatic heterocycles. The van der Waals surface area contributed by atoms with E-state index in [-0.39, 0.29) is 0 Å². The number of rotatable bonds is 3. The monoisotopic (exact) mass is 413 g/mol. The minimum atomic E-state index is -4.61. The van der Waals surface area contributed by atoms with E-state index in [1.54, 1.807) is 43.6 Å². The second-order valence-corrected chi connectivity index (χ2v) is 7.47. The molecule has 4 rings (SSSR count). The van der Waals surface area contributed by atoms with E-state index in [4.69, 9.17) is 0 Å². The van der Waals surface area contributed by atoms with Gasteiger partial charge in [0.05, 0.1) is 21.3 Å². The number of hydrogen-bond donors (Lipinski definition) is 1. The van der Waals surface area contributed by atoms with Crippen molar-refractivity contribution < 1.29 is 18.0 Å². The molecule has 0 radical (unpaired) electrons. The lowest BCUT2D eigenvalue weighted by Crippen LogP contribution is -2.19. The number of benzene rings is 2. The summed E-state index contributed by atoms with van der Waals surface area (Å²) >= 11 is 1.45. The van der Waals surface area contributed by atoms with Crippen LogP contribution in [-0.4, -0.2) is 15.9 Å². The van der Waals surface area contributed by atoms with Gasteiger partial charge in [-0.1, -0.05) is 23.8 Å². The van der Waals surface area contributed by atoms with Gasteiger partial charge in [-0.2, -0.15) is 13.2 Å². The predicted octanol–water partition coefficient (Wildman–Crippen LogP) is 5.94. The summed E-state index contributed by atoms with van der Waals surface area (Å²) in [6.45, 7) is 1.64. The van der Waals surface area contributed by atoms with Crippen LogP contribution in [0.25, 0.3) is 20.8 Å². The molecule has 2 aromatic carbocycles. The van der Waals surface area contributed by atoms with Crippen LogP contribution in [-0.2, 0) is 6.18 Å². The highest BCUT2D eigenvalue weighted by atomic mass is 32.1. The highest BCUT2D eigenvalue weighted by Gasteiger charge is 2.35. The van der Waals surface area contributed by atoms with Crippen LogP contribution in [0.1, 0.15) is 21.5 Å². The molecule has 0 atom stereocenters. The van der Waals surface area contributed by atoms with Gasteiger partial charge in [-0.25, -0.2) is 4.98 Å². The predicted molar refractivity (Wildman–Crippen MR) is 107 cm³/mol. The molecule has 0 aliphatic rings. The van der Waals surface area contributed by atoms with Crippen molar-refractivity contribution in [3.63, 3.8) is 0 Å². The summed E-state index contributed by atoms with van der Waals surface area (Å²) in [6, 6.07) is 12.2. The van der Waals surface area contributed by atoms with Gasteiger partial charge in [-0.05, 0) is 37.3 Å². The van der Waals surface area contributed by atoms with Crippen molar-refractivity contribution in [2.24, 2.45) is 0 Å². The number of nitrogens with one attached hydrogen (secondary N) is 1. The van der Waals surface area contributed by atoms with Crippen LogP contribution in [0.5, 0.6) is 0 Å². The Morgan fingerprint density at radius 3 is 2.69 bits per heavy atom. The summed E-state index contributed by atoms with van der Waals surface area (Å²) in [7, 11) is 0. The molecule has 0 fully saturated rings. The zero-order valence-electron chi connectivity index (χ0n) is 15.1. The first kappa shape index (κ1) is 19.1. The third kappa shape index (κ3) is 3.97. The molecule has 1 N–H and O–H groups in total. The Bertz CT molecular complexity index is 1180. The van der Waals surface area contributed by atoms with E-state index in [1.807, 2.05) is 6.07 Å². The molecule has 0 saturated carbocycles. The highest BCUT2D eigenvalue weighted by molar-refractivity contribution is 7.21. The summed E-state index contributed by atoms with van der Waals surface area (Å²) < 4.78 is 40.7. The number of halogens is 3. The summed E-state index contributed by atoms with van der Waals surface area (Å²) in [4.78, 5) is 21.2. The fourth-order valence-electron chi connectivity index (χ4n) is 2.93. The normalized spacial score (nSPS) is 11.6. The van der Waals surface area contributed by atoms with E-state index in [1.165, 1.54) is 23.5 Å². The minimum Gasteiger partial charge on any atom is -0.322 e. The largest absolute Gasteiger partial charge is 0.417 e. The van der Waals surface area contributed by atoms with Gasteiger partial charge in [0.25, 0.3) is 5.91 Å². The lowest BCUT2D eigenvalue weighted by atomic mass is 10.0. The Kier molecular flexibility index (Phi) is 4.79. The van der Waals surface area contributed by atoms with E-state index in [9.17, 15) is 18.0 Å². The first-order valence-electron chi connectivity index (χ1n) is 8.61. The summed E-state index contributed by atoms with van der Waals surface area (Å²) in [5.74, 6) is -0.813. The lowest BCUT2D eigenvalue weighted by Gasteiger charge is -2.14. The number of fused-ring (bicyclic) bond motifs is 1. The Morgan fingerprint density at radius 1 is 1.10 bits per heavy atom. The van der Waals surface area contributed by atoms with Crippen LogP contribution >= 0.6 is 11.3 Å². The molecule has 2 heterocycles. The molecule has 2 aromatic heterocycles. The SMILES string of the molecule is Cc1ccc(C(F)(F)F)c(C(=O)Nc2cccc(-c3nc4ccncc4s3)c2)c1. The van der Waals surface area contributed by atoms with Crippen LogP contribution in [0, 0.1) is 6.92 Å². The molecular weight excluding hydrogens is 399 g/mol. The second kappa shape index (κ2) is 7.29. The van der Waals surface area contributed by atoms with E-state index in [0.29, 0.717) is 11.3 Å². The van der Waals surface area contributed by atoms with Crippen molar-refractivity contribution in [2.75, 3.05) is 5.32 Å². The summed E-state index contributed by atoms with van der Waals surface area (Å²) in [5.41, 5.74) is 1.15. The van der Waals surface area contributed by atoms with Crippen molar-refractivity contribution >= 4 is 33.1 Å². The van der Waals surface area contributed by atoms with Crippen molar-refractivity contribution in [3.05, 3.63) is 77.6 Å². The van der Waals surface area contributed by atoms with E-state index in [2.05, 4.69) is 15.3 Å². The van der Waals surface area contributed by atoms with Crippen LogP contribution in [0.3, 0.4) is 0 Å². The fraction of sp³-hybridized carbons (Fsp3) is 0.0952. The van der Waals surface area contributed by atoms with Crippen molar-refractivity contribution in [2.45, 2.75) is 13.1 Å². The van der Waals surface area contributed by atoms with Gasteiger partial charge in [-0.15, -0.1) is 11.3 Å². The number of pyridine rings is 1. The molecule has 4 aromatic rings. The highest BCUT2D eigenvalue weighted by Crippen LogP contribution is 2.34. The minimum absolute atomic E-state index is 0.388. The zero-order chi connectivity index (χ0) is 20.6. The smallest absolute Gasteiger partial charge is 0.322 e. The van der Waals surface area contributed by atoms with E-state index < -0.39 is 23.2 Å². The zero-order valence-corrected chi connectivity index (χ0v) is 15.9. The average Bonchev–Trinajstić information content (AvgIpc) is 3.11. The molecule has 29 heavy (non-hydrogen) atoms. The standard InChI is InChI=1S/C21H14F3N3OS/c1-12-5-6-16(21(22,23)24)15(9-12)19(28)26-14-4-2-3-13(10-14)20-27-17-7-8-25-11-18(17)29-20/h2-11H,1H3,(H,26,28). The Balaban J connectivity index is 1.65. The van der Waals surface area contributed by atoms with Crippen LogP contribution in [0.2, 0.25) is 0 Å². The first-order valence-corrected chi connectivity index (χ1v) is 9.43. The molecule has 1 amide bonds. The van der Waals surface area contributed by atoms with Gasteiger partial charge in [0.2, 0.25) is 0 Å². The number of hydrogen-bond acceptors (Lipinski definition) is 4. The van der Waals surface area contributed by atoms with Crippen LogP contribution in [0.4, 0.5) is 18.9 Å². The summed E-state index contributed by atoms with van der Waals surface area (Å²) in [5, 5.41) is 3.30. The topological polar surface area (TPSA) is 54.9 Å².